The second-order valence-electron chi connectivity index (χ2n) is 8.77. The van der Waals surface area contributed by atoms with Crippen LogP contribution in [-0.2, 0) is 4.79 Å². The van der Waals surface area contributed by atoms with Crippen molar-refractivity contribution in [1.82, 2.24) is 5.32 Å². The molecule has 0 bridgehead atoms. The van der Waals surface area contributed by atoms with Crippen LogP contribution in [-0.4, -0.2) is 52.2 Å². The van der Waals surface area contributed by atoms with Gasteiger partial charge in [0.15, 0.2) is 0 Å². The predicted molar refractivity (Wildman–Crippen MR) is 124 cm³/mol. The van der Waals surface area contributed by atoms with Gasteiger partial charge in [-0.05, 0) is 56.2 Å². The fraction of sp³-hybridized carbons (Fsp3) is 0.560. The average Bonchev–Trinajstić information content (AvgIpc) is 3.52. The Morgan fingerprint density at radius 2 is 2.06 bits per heavy atom. The molecular formula is C25H34ClNO5. The van der Waals surface area contributed by atoms with E-state index < -0.39 is 18.3 Å². The van der Waals surface area contributed by atoms with E-state index in [-0.39, 0.29) is 24.3 Å². The molecule has 6 nitrogen and oxygen atoms in total. The Balaban J connectivity index is 1.40. The SMILES string of the molecule is O=C(CCC/C=C/C[C@@H]1[C@@H](/C=C/[C@H](O)COc2cccc(Cl)c2)[C@H](O)C[C@@H]1O)NC1CC1. The summed E-state index contributed by atoms with van der Waals surface area (Å²) in [7, 11) is 0. The van der Waals surface area contributed by atoms with Gasteiger partial charge in [-0.2, -0.15) is 0 Å². The van der Waals surface area contributed by atoms with Crippen molar-refractivity contribution in [3.63, 3.8) is 0 Å². The van der Waals surface area contributed by atoms with Crippen LogP contribution in [0.5, 0.6) is 5.75 Å². The predicted octanol–water partition coefficient (Wildman–Crippen LogP) is 3.39. The first-order chi connectivity index (χ1) is 15.4. The van der Waals surface area contributed by atoms with Crippen LogP contribution < -0.4 is 10.1 Å². The summed E-state index contributed by atoms with van der Waals surface area (Å²) in [4.78, 5) is 11.7. The van der Waals surface area contributed by atoms with Crippen molar-refractivity contribution in [2.75, 3.05) is 6.61 Å². The number of rotatable bonds is 12. The lowest BCUT2D eigenvalue weighted by Crippen LogP contribution is -2.24. The van der Waals surface area contributed by atoms with Gasteiger partial charge in [-0.15, -0.1) is 0 Å². The molecule has 2 aliphatic carbocycles. The Morgan fingerprint density at radius 3 is 2.81 bits per heavy atom. The number of aliphatic hydroxyl groups excluding tert-OH is 3. The van der Waals surface area contributed by atoms with Gasteiger partial charge in [-0.3, -0.25) is 4.79 Å². The standard InChI is InChI=1S/C25H34ClNO5/c26-17-6-5-7-20(14-17)32-16-19(28)12-13-22-21(23(29)15-24(22)30)8-3-1-2-4-9-25(31)27-18-10-11-18/h1,3,5-7,12-14,18-19,21-24,28-30H,2,4,8-11,15-16H2,(H,27,31)/b3-1+,13-12+/t19-,21+,22+,23-,24+/m0/s1. The molecule has 7 heteroatoms. The van der Waals surface area contributed by atoms with Crippen molar-refractivity contribution in [3.8, 4) is 5.75 Å². The molecule has 176 valence electrons. The Morgan fingerprint density at radius 1 is 1.25 bits per heavy atom. The van der Waals surface area contributed by atoms with Gasteiger partial charge in [0, 0.05) is 29.8 Å². The topological polar surface area (TPSA) is 99.0 Å². The van der Waals surface area contributed by atoms with E-state index >= 15 is 0 Å². The molecule has 0 aromatic heterocycles. The molecule has 0 heterocycles. The van der Waals surface area contributed by atoms with E-state index in [9.17, 15) is 20.1 Å². The molecule has 5 atom stereocenters. The Kier molecular flexibility index (Phi) is 9.60. The number of hydrogen-bond donors (Lipinski definition) is 4. The highest BCUT2D eigenvalue weighted by molar-refractivity contribution is 6.30. The van der Waals surface area contributed by atoms with Crippen LogP contribution in [0.15, 0.2) is 48.6 Å². The number of amides is 1. The number of ether oxygens (including phenoxy) is 1. The first-order valence-corrected chi connectivity index (χ1v) is 11.9. The van der Waals surface area contributed by atoms with E-state index in [1.54, 1.807) is 36.4 Å². The molecule has 1 amide bonds. The second-order valence-corrected chi connectivity index (χ2v) is 9.21. The summed E-state index contributed by atoms with van der Waals surface area (Å²) in [6.45, 7) is 0.0705. The molecule has 2 aliphatic rings. The van der Waals surface area contributed by atoms with E-state index in [1.165, 1.54) is 0 Å². The number of aliphatic hydroxyl groups is 3. The van der Waals surface area contributed by atoms with Gasteiger partial charge >= 0.3 is 0 Å². The largest absolute Gasteiger partial charge is 0.491 e. The lowest BCUT2D eigenvalue weighted by atomic mass is 9.89. The average molecular weight is 464 g/mol. The molecule has 1 aromatic rings. The molecule has 2 saturated carbocycles. The lowest BCUT2D eigenvalue weighted by molar-refractivity contribution is -0.121. The third-order valence-corrected chi connectivity index (χ3v) is 6.22. The molecule has 0 spiro atoms. The number of carbonyl (C=O) groups is 1. The molecule has 4 N–H and O–H groups in total. The highest BCUT2D eigenvalue weighted by Gasteiger charge is 2.39. The van der Waals surface area contributed by atoms with E-state index in [0.717, 1.165) is 25.7 Å². The zero-order valence-electron chi connectivity index (χ0n) is 18.3. The Bertz CT molecular complexity index is 794. The molecule has 0 unspecified atom stereocenters. The maximum atomic E-state index is 11.7. The van der Waals surface area contributed by atoms with E-state index in [4.69, 9.17) is 16.3 Å². The summed E-state index contributed by atoms with van der Waals surface area (Å²) < 4.78 is 5.55. The van der Waals surface area contributed by atoms with E-state index in [0.29, 0.717) is 36.1 Å². The van der Waals surface area contributed by atoms with Crippen LogP contribution in [0.3, 0.4) is 0 Å². The van der Waals surface area contributed by atoms with Crippen molar-refractivity contribution in [2.24, 2.45) is 11.8 Å². The van der Waals surface area contributed by atoms with Crippen molar-refractivity contribution < 1.29 is 24.9 Å². The maximum absolute atomic E-state index is 11.7. The molecule has 0 radical (unpaired) electrons. The van der Waals surface area contributed by atoms with Crippen molar-refractivity contribution >= 4 is 17.5 Å². The second kappa shape index (κ2) is 12.4. The monoisotopic (exact) mass is 463 g/mol. The van der Waals surface area contributed by atoms with E-state index in [1.807, 2.05) is 12.2 Å². The minimum Gasteiger partial charge on any atom is -0.491 e. The zero-order chi connectivity index (χ0) is 22.9. The van der Waals surface area contributed by atoms with Crippen LogP contribution >= 0.6 is 11.6 Å². The molecular weight excluding hydrogens is 430 g/mol. The zero-order valence-corrected chi connectivity index (χ0v) is 19.0. The normalized spacial score (nSPS) is 26.6. The van der Waals surface area contributed by atoms with Gasteiger partial charge in [-0.1, -0.05) is 42.0 Å². The van der Waals surface area contributed by atoms with Crippen molar-refractivity contribution in [1.29, 1.82) is 0 Å². The Labute approximate surface area is 194 Å². The number of nitrogens with one attached hydrogen (secondary N) is 1. The minimum atomic E-state index is -0.836. The number of halogens is 1. The molecule has 32 heavy (non-hydrogen) atoms. The van der Waals surface area contributed by atoms with Crippen LogP contribution in [0.2, 0.25) is 5.02 Å². The Hall–Kier alpha value is -1.86. The van der Waals surface area contributed by atoms with Crippen molar-refractivity contribution in [2.45, 2.75) is 69.3 Å². The lowest BCUT2D eigenvalue weighted by Gasteiger charge is -2.19. The van der Waals surface area contributed by atoms with E-state index in [2.05, 4.69) is 5.32 Å². The molecule has 2 fully saturated rings. The first kappa shape index (κ1) is 24.8. The van der Waals surface area contributed by atoms with Gasteiger partial charge < -0.3 is 25.4 Å². The van der Waals surface area contributed by atoms with Crippen LogP contribution in [0, 0.1) is 11.8 Å². The van der Waals surface area contributed by atoms with Crippen LogP contribution in [0.1, 0.15) is 44.9 Å². The smallest absolute Gasteiger partial charge is 0.220 e. The fourth-order valence-corrected chi connectivity index (χ4v) is 4.22. The fourth-order valence-electron chi connectivity index (χ4n) is 4.04. The molecule has 0 aliphatic heterocycles. The van der Waals surface area contributed by atoms with Crippen molar-refractivity contribution in [3.05, 3.63) is 53.6 Å². The number of hydrogen-bond acceptors (Lipinski definition) is 5. The summed E-state index contributed by atoms with van der Waals surface area (Å²) in [5.41, 5.74) is 0. The molecule has 3 rings (SSSR count). The summed E-state index contributed by atoms with van der Waals surface area (Å²) in [6.07, 6.45) is 10.7. The third kappa shape index (κ3) is 8.24. The number of carbonyl (C=O) groups excluding carboxylic acids is 1. The maximum Gasteiger partial charge on any atom is 0.220 e. The van der Waals surface area contributed by atoms with Crippen LogP contribution in [0.4, 0.5) is 0 Å². The van der Waals surface area contributed by atoms with Gasteiger partial charge in [0.1, 0.15) is 18.5 Å². The van der Waals surface area contributed by atoms with Gasteiger partial charge in [-0.25, -0.2) is 0 Å². The summed E-state index contributed by atoms with van der Waals surface area (Å²) in [5.74, 6) is 0.351. The number of allylic oxidation sites excluding steroid dienone is 2. The highest BCUT2D eigenvalue weighted by atomic mass is 35.5. The highest BCUT2D eigenvalue weighted by Crippen LogP contribution is 2.36. The van der Waals surface area contributed by atoms with Gasteiger partial charge in [0.2, 0.25) is 5.91 Å². The van der Waals surface area contributed by atoms with Crippen LogP contribution in [0.25, 0.3) is 0 Å². The first-order valence-electron chi connectivity index (χ1n) is 11.5. The molecule has 0 saturated heterocycles. The van der Waals surface area contributed by atoms with Gasteiger partial charge in [0.05, 0.1) is 12.2 Å². The minimum absolute atomic E-state index is 0.0705. The third-order valence-electron chi connectivity index (χ3n) is 5.98. The number of benzene rings is 1. The molecule has 1 aromatic carbocycles. The summed E-state index contributed by atoms with van der Waals surface area (Å²) >= 11 is 5.93. The number of unbranched alkanes of at least 4 members (excludes halogenated alkanes) is 1. The quantitative estimate of drug-likeness (QED) is 0.281. The van der Waals surface area contributed by atoms with Gasteiger partial charge in [0.25, 0.3) is 0 Å². The summed E-state index contributed by atoms with van der Waals surface area (Å²) in [6, 6.07) is 7.37. The summed E-state index contributed by atoms with van der Waals surface area (Å²) in [5, 5.41) is 34.5.